The van der Waals surface area contributed by atoms with Gasteiger partial charge in [0.15, 0.2) is 0 Å². The van der Waals surface area contributed by atoms with Crippen molar-refractivity contribution in [3.8, 4) is 0 Å². The normalized spacial score (nSPS) is 37.1. The van der Waals surface area contributed by atoms with Crippen LogP contribution in [0.25, 0.3) is 0 Å². The van der Waals surface area contributed by atoms with Crippen molar-refractivity contribution in [2.24, 2.45) is 0 Å². The molecule has 1 saturated carbocycles. The van der Waals surface area contributed by atoms with Gasteiger partial charge in [-0.15, -0.1) is 0 Å². The molecule has 3 fully saturated rings. The molecular weight excluding hydrogens is 264 g/mol. The van der Waals surface area contributed by atoms with Gasteiger partial charge in [-0.2, -0.15) is 0 Å². The smallest absolute Gasteiger partial charge is 0.105 e. The molecule has 0 aromatic heterocycles. The Morgan fingerprint density at radius 3 is 2.48 bits per heavy atom. The van der Waals surface area contributed by atoms with Gasteiger partial charge in [0.2, 0.25) is 0 Å². The third kappa shape index (κ3) is 3.79. The second-order valence-corrected chi connectivity index (χ2v) is 7.35. The fourth-order valence-corrected chi connectivity index (χ4v) is 4.24. The minimum Gasteiger partial charge on any atom is -0.386 e. The van der Waals surface area contributed by atoms with E-state index in [1.165, 1.54) is 58.0 Å². The molecule has 1 aliphatic carbocycles. The van der Waals surface area contributed by atoms with Crippen molar-refractivity contribution in [1.82, 2.24) is 10.2 Å². The Morgan fingerprint density at radius 1 is 1.14 bits per heavy atom. The summed E-state index contributed by atoms with van der Waals surface area (Å²) in [7, 11) is 0. The average molecular weight is 296 g/mol. The van der Waals surface area contributed by atoms with Crippen LogP contribution in [-0.2, 0) is 4.74 Å². The van der Waals surface area contributed by atoms with E-state index in [2.05, 4.69) is 10.2 Å². The van der Waals surface area contributed by atoms with Crippen LogP contribution in [0.15, 0.2) is 0 Å². The molecule has 0 radical (unpaired) electrons. The van der Waals surface area contributed by atoms with Gasteiger partial charge in [0.05, 0.1) is 6.10 Å². The molecular formula is C17H32N2O2. The van der Waals surface area contributed by atoms with Crippen LogP contribution < -0.4 is 5.32 Å². The van der Waals surface area contributed by atoms with Crippen molar-refractivity contribution in [1.29, 1.82) is 0 Å². The van der Waals surface area contributed by atoms with Crippen LogP contribution in [0.5, 0.6) is 0 Å². The molecule has 2 heterocycles. The molecule has 2 atom stereocenters. The summed E-state index contributed by atoms with van der Waals surface area (Å²) in [6.45, 7) is 5.82. The maximum Gasteiger partial charge on any atom is 0.105 e. The summed E-state index contributed by atoms with van der Waals surface area (Å²) < 4.78 is 5.51. The van der Waals surface area contributed by atoms with Crippen LogP contribution in [-0.4, -0.2) is 60.0 Å². The number of rotatable bonds is 4. The van der Waals surface area contributed by atoms with E-state index in [-0.39, 0.29) is 6.10 Å². The predicted molar refractivity (Wildman–Crippen MR) is 84.5 cm³/mol. The lowest BCUT2D eigenvalue weighted by Gasteiger charge is -2.40. The average Bonchev–Trinajstić information content (AvgIpc) is 2.87. The Morgan fingerprint density at radius 2 is 1.86 bits per heavy atom. The van der Waals surface area contributed by atoms with Crippen LogP contribution in [0.1, 0.15) is 58.3 Å². The highest BCUT2D eigenvalue weighted by atomic mass is 16.5. The number of hydrogen-bond donors (Lipinski definition) is 2. The highest BCUT2D eigenvalue weighted by molar-refractivity contribution is 4.93. The number of likely N-dealkylation sites (tertiary alicyclic amines) is 1. The van der Waals surface area contributed by atoms with E-state index in [4.69, 9.17) is 4.74 Å². The topological polar surface area (TPSA) is 44.7 Å². The first-order valence-corrected chi connectivity index (χ1v) is 8.99. The largest absolute Gasteiger partial charge is 0.386 e. The van der Waals surface area contributed by atoms with Gasteiger partial charge < -0.3 is 20.1 Å². The Kier molecular flexibility index (Phi) is 5.20. The van der Waals surface area contributed by atoms with Crippen molar-refractivity contribution in [3.05, 3.63) is 0 Å². The number of nitrogens with zero attached hydrogens (tertiary/aromatic N) is 1. The highest BCUT2D eigenvalue weighted by Gasteiger charge is 2.39. The van der Waals surface area contributed by atoms with Gasteiger partial charge >= 0.3 is 0 Å². The second kappa shape index (κ2) is 6.95. The molecule has 4 heteroatoms. The molecule has 3 rings (SSSR count). The molecule has 3 aliphatic rings. The van der Waals surface area contributed by atoms with Gasteiger partial charge in [-0.05, 0) is 45.7 Å². The van der Waals surface area contributed by atoms with Gasteiger partial charge in [0, 0.05) is 31.7 Å². The zero-order valence-electron chi connectivity index (χ0n) is 13.5. The molecule has 2 N–H and O–H groups in total. The third-order valence-electron chi connectivity index (χ3n) is 5.98. The van der Waals surface area contributed by atoms with E-state index in [9.17, 15) is 5.11 Å². The lowest BCUT2D eigenvalue weighted by atomic mass is 9.91. The van der Waals surface area contributed by atoms with E-state index in [1.54, 1.807) is 0 Å². The Hall–Kier alpha value is -0.160. The predicted octanol–water partition coefficient (Wildman–Crippen LogP) is 1.91. The van der Waals surface area contributed by atoms with Crippen LogP contribution in [0.3, 0.4) is 0 Å². The summed E-state index contributed by atoms with van der Waals surface area (Å²) in [6, 6.07) is 1.42. The quantitative estimate of drug-likeness (QED) is 0.832. The van der Waals surface area contributed by atoms with Crippen molar-refractivity contribution in [2.75, 3.05) is 26.2 Å². The number of nitrogens with one attached hydrogen (secondary N) is 1. The van der Waals surface area contributed by atoms with Crippen molar-refractivity contribution in [3.63, 3.8) is 0 Å². The van der Waals surface area contributed by atoms with Crippen LogP contribution in [0, 0.1) is 0 Å². The van der Waals surface area contributed by atoms with Crippen molar-refractivity contribution >= 4 is 0 Å². The molecule has 0 spiro atoms. The first-order chi connectivity index (χ1) is 10.2. The molecule has 0 unspecified atom stereocenters. The number of piperidine rings is 1. The molecule has 0 bridgehead atoms. The SMILES string of the molecule is C[C@H]1OCC[C@@]1(O)CNC1CCN(C2CCCCC2)CC1. The fraction of sp³-hybridized carbons (Fsp3) is 1.00. The number of hydrogen-bond acceptors (Lipinski definition) is 4. The third-order valence-corrected chi connectivity index (χ3v) is 5.98. The maximum absolute atomic E-state index is 10.5. The van der Waals surface area contributed by atoms with E-state index >= 15 is 0 Å². The van der Waals surface area contributed by atoms with Crippen LogP contribution >= 0.6 is 0 Å². The second-order valence-electron chi connectivity index (χ2n) is 7.35. The van der Waals surface area contributed by atoms with Gasteiger partial charge in [-0.1, -0.05) is 19.3 Å². The Bertz CT molecular complexity index is 325. The van der Waals surface area contributed by atoms with Gasteiger partial charge in [-0.3, -0.25) is 0 Å². The highest BCUT2D eigenvalue weighted by Crippen LogP contribution is 2.27. The Balaban J connectivity index is 1.39. The van der Waals surface area contributed by atoms with Crippen LogP contribution in [0.4, 0.5) is 0 Å². The van der Waals surface area contributed by atoms with E-state index < -0.39 is 5.60 Å². The fourth-order valence-electron chi connectivity index (χ4n) is 4.24. The lowest BCUT2D eigenvalue weighted by molar-refractivity contribution is -0.0291. The lowest BCUT2D eigenvalue weighted by Crippen LogP contribution is -2.52. The molecule has 0 aromatic carbocycles. The van der Waals surface area contributed by atoms with E-state index in [0.717, 1.165) is 12.5 Å². The first-order valence-electron chi connectivity index (χ1n) is 8.99. The molecule has 0 aromatic rings. The molecule has 2 saturated heterocycles. The maximum atomic E-state index is 10.5. The van der Waals surface area contributed by atoms with Crippen molar-refractivity contribution < 1.29 is 9.84 Å². The minimum absolute atomic E-state index is 0.0349. The summed E-state index contributed by atoms with van der Waals surface area (Å²) in [6.07, 6.45) is 10.3. The van der Waals surface area contributed by atoms with E-state index in [0.29, 0.717) is 19.2 Å². The Labute approximate surface area is 129 Å². The first kappa shape index (κ1) is 15.7. The van der Waals surface area contributed by atoms with E-state index in [1.807, 2.05) is 6.92 Å². The zero-order chi connectivity index (χ0) is 14.7. The molecule has 4 nitrogen and oxygen atoms in total. The summed E-state index contributed by atoms with van der Waals surface area (Å²) in [4.78, 5) is 2.72. The standard InChI is InChI=1S/C17H32N2O2/c1-14-17(20,9-12-21-14)13-18-15-7-10-19(11-8-15)16-5-3-2-4-6-16/h14-16,18,20H,2-13H2,1H3/t14-,17-/m1/s1. The summed E-state index contributed by atoms with van der Waals surface area (Å²) in [5.41, 5.74) is -0.652. The molecule has 2 aliphatic heterocycles. The van der Waals surface area contributed by atoms with Gasteiger partial charge in [0.1, 0.15) is 5.60 Å². The number of aliphatic hydroxyl groups is 1. The van der Waals surface area contributed by atoms with Gasteiger partial charge in [-0.25, -0.2) is 0 Å². The summed E-state index contributed by atoms with van der Waals surface area (Å²) >= 11 is 0. The van der Waals surface area contributed by atoms with Gasteiger partial charge in [0.25, 0.3) is 0 Å². The zero-order valence-corrected chi connectivity index (χ0v) is 13.5. The molecule has 21 heavy (non-hydrogen) atoms. The van der Waals surface area contributed by atoms with Crippen molar-refractivity contribution in [2.45, 2.75) is 82.1 Å². The number of ether oxygens (including phenoxy) is 1. The minimum atomic E-state index is -0.652. The molecule has 122 valence electrons. The molecule has 0 amide bonds. The summed E-state index contributed by atoms with van der Waals surface area (Å²) in [5.74, 6) is 0. The summed E-state index contributed by atoms with van der Waals surface area (Å²) in [5, 5.41) is 14.1. The van der Waals surface area contributed by atoms with Crippen LogP contribution in [0.2, 0.25) is 0 Å². The monoisotopic (exact) mass is 296 g/mol.